The van der Waals surface area contributed by atoms with E-state index in [9.17, 15) is 13.2 Å². The Morgan fingerprint density at radius 1 is 1.33 bits per heavy atom. The van der Waals surface area contributed by atoms with Gasteiger partial charge in [-0.05, 0) is 25.4 Å². The number of alkyl halides is 3. The van der Waals surface area contributed by atoms with Crippen LogP contribution in [0, 0.1) is 5.92 Å². The molecule has 72 valence electrons. The second-order valence-electron chi connectivity index (χ2n) is 2.98. The molecule has 12 heavy (non-hydrogen) atoms. The molecule has 1 N–H and O–H groups in total. The summed E-state index contributed by atoms with van der Waals surface area (Å²) in [5.41, 5.74) is 0. The molecule has 1 aliphatic rings. The molecule has 1 fully saturated rings. The summed E-state index contributed by atoms with van der Waals surface area (Å²) in [5, 5.41) is 3.04. The van der Waals surface area contributed by atoms with Crippen molar-refractivity contribution in [3.63, 3.8) is 0 Å². The van der Waals surface area contributed by atoms with Gasteiger partial charge in [-0.15, -0.1) is 0 Å². The highest BCUT2D eigenvalue weighted by atomic mass is 19.4. The smallest absolute Gasteiger partial charge is 0.372 e. The van der Waals surface area contributed by atoms with Crippen LogP contribution in [0.2, 0.25) is 0 Å². The van der Waals surface area contributed by atoms with E-state index >= 15 is 0 Å². The molecule has 1 aliphatic heterocycles. The van der Waals surface area contributed by atoms with E-state index in [-0.39, 0.29) is 6.61 Å². The van der Waals surface area contributed by atoms with E-state index in [0.29, 0.717) is 5.92 Å². The third kappa shape index (κ3) is 3.92. The van der Waals surface area contributed by atoms with Gasteiger partial charge in [0.05, 0.1) is 0 Å². The maximum absolute atomic E-state index is 11.5. The van der Waals surface area contributed by atoms with Gasteiger partial charge < -0.3 is 10.1 Å². The molecule has 0 spiro atoms. The highest BCUT2D eigenvalue weighted by molar-refractivity contribution is 4.73. The molecule has 0 bridgehead atoms. The summed E-state index contributed by atoms with van der Waals surface area (Å²) < 4.78 is 39.1. The predicted molar refractivity (Wildman–Crippen MR) is 37.9 cm³/mol. The third-order valence-corrected chi connectivity index (χ3v) is 1.80. The van der Waals surface area contributed by atoms with Crippen LogP contribution in [0.1, 0.15) is 6.42 Å². The van der Waals surface area contributed by atoms with Crippen LogP contribution >= 0.6 is 0 Å². The zero-order valence-corrected chi connectivity index (χ0v) is 6.66. The van der Waals surface area contributed by atoms with Crippen molar-refractivity contribution in [1.29, 1.82) is 0 Å². The quantitative estimate of drug-likeness (QED) is 0.661. The molecule has 1 heterocycles. The van der Waals surface area contributed by atoms with Gasteiger partial charge >= 0.3 is 6.18 Å². The van der Waals surface area contributed by atoms with E-state index in [1.807, 2.05) is 0 Å². The number of hydrogen-bond acceptors (Lipinski definition) is 2. The molecule has 0 aromatic heterocycles. The molecule has 1 rings (SSSR count). The third-order valence-electron chi connectivity index (χ3n) is 1.80. The first kappa shape index (κ1) is 9.80. The van der Waals surface area contributed by atoms with Crippen molar-refractivity contribution in [1.82, 2.24) is 5.32 Å². The average molecular weight is 183 g/mol. The van der Waals surface area contributed by atoms with Gasteiger partial charge in [-0.25, -0.2) is 0 Å². The molecule has 0 aromatic carbocycles. The fourth-order valence-corrected chi connectivity index (χ4v) is 0.990. The van der Waals surface area contributed by atoms with Crippen molar-refractivity contribution in [3.8, 4) is 0 Å². The zero-order valence-electron chi connectivity index (χ0n) is 6.66. The van der Waals surface area contributed by atoms with Crippen molar-refractivity contribution < 1.29 is 17.9 Å². The Balaban J connectivity index is 1.88. The minimum absolute atomic E-state index is 0.214. The molecule has 5 heteroatoms. The molecule has 0 amide bonds. The van der Waals surface area contributed by atoms with Crippen molar-refractivity contribution in [2.75, 3.05) is 26.3 Å². The lowest BCUT2D eigenvalue weighted by atomic mass is 10.0. The summed E-state index contributed by atoms with van der Waals surface area (Å²) in [6.45, 7) is 0.920. The van der Waals surface area contributed by atoms with Crippen molar-refractivity contribution in [2.45, 2.75) is 12.6 Å². The number of nitrogens with one attached hydrogen (secondary N) is 1. The van der Waals surface area contributed by atoms with E-state index in [0.717, 1.165) is 19.5 Å². The van der Waals surface area contributed by atoms with Gasteiger partial charge in [0.25, 0.3) is 0 Å². The summed E-state index contributed by atoms with van der Waals surface area (Å²) >= 11 is 0. The molecule has 0 saturated carbocycles. The molecule has 1 saturated heterocycles. The normalized spacial score (nSPS) is 19.2. The van der Waals surface area contributed by atoms with Crippen molar-refractivity contribution >= 4 is 0 Å². The van der Waals surface area contributed by atoms with E-state index in [1.54, 1.807) is 0 Å². The van der Waals surface area contributed by atoms with E-state index in [2.05, 4.69) is 10.1 Å². The lowest BCUT2D eigenvalue weighted by molar-refractivity contribution is -0.174. The van der Waals surface area contributed by atoms with Crippen molar-refractivity contribution in [3.05, 3.63) is 0 Å². The van der Waals surface area contributed by atoms with Gasteiger partial charge in [-0.1, -0.05) is 0 Å². The van der Waals surface area contributed by atoms with Crippen LogP contribution in [0.25, 0.3) is 0 Å². The summed E-state index contributed by atoms with van der Waals surface area (Å²) in [6, 6.07) is 0. The Hall–Kier alpha value is -0.290. The maximum Gasteiger partial charge on any atom is 0.411 e. The summed E-state index contributed by atoms with van der Waals surface area (Å²) in [7, 11) is 0. The van der Waals surface area contributed by atoms with E-state index in [1.165, 1.54) is 0 Å². The molecule has 0 radical (unpaired) electrons. The first-order valence-electron chi connectivity index (χ1n) is 3.93. The summed E-state index contributed by atoms with van der Waals surface area (Å²) in [4.78, 5) is 0. The van der Waals surface area contributed by atoms with E-state index < -0.39 is 12.8 Å². The average Bonchev–Trinajstić information content (AvgIpc) is 1.80. The van der Waals surface area contributed by atoms with Gasteiger partial charge in [-0.3, -0.25) is 0 Å². The minimum Gasteiger partial charge on any atom is -0.372 e. The molecule has 2 nitrogen and oxygen atoms in total. The van der Waals surface area contributed by atoms with Crippen LogP contribution < -0.4 is 5.32 Å². The Bertz CT molecular complexity index is 133. The number of halogens is 3. The van der Waals surface area contributed by atoms with Gasteiger partial charge in [0.15, 0.2) is 0 Å². The highest BCUT2D eigenvalue weighted by Gasteiger charge is 2.27. The zero-order chi connectivity index (χ0) is 9.03. The van der Waals surface area contributed by atoms with Gasteiger partial charge in [0.2, 0.25) is 0 Å². The van der Waals surface area contributed by atoms with Crippen LogP contribution in [-0.2, 0) is 4.74 Å². The Morgan fingerprint density at radius 2 is 2.00 bits per heavy atom. The summed E-state index contributed by atoms with van der Waals surface area (Å²) in [6.07, 6.45) is -3.46. The molecular formula is C7H12F3NO. The lowest BCUT2D eigenvalue weighted by Gasteiger charge is -2.26. The Kier molecular flexibility index (Phi) is 3.34. The van der Waals surface area contributed by atoms with E-state index in [4.69, 9.17) is 0 Å². The van der Waals surface area contributed by atoms with Crippen LogP contribution in [0.4, 0.5) is 13.2 Å². The molecule has 0 unspecified atom stereocenters. The highest BCUT2D eigenvalue weighted by Crippen LogP contribution is 2.15. The first-order valence-corrected chi connectivity index (χ1v) is 3.93. The van der Waals surface area contributed by atoms with Crippen molar-refractivity contribution in [2.24, 2.45) is 5.92 Å². The molecule has 0 aromatic rings. The number of hydrogen-bond donors (Lipinski definition) is 1. The standard InChI is InChI=1S/C7H12F3NO/c8-7(9,10)5-12-2-1-6-3-11-4-6/h6,11H,1-5H2. The minimum atomic E-state index is -4.18. The monoisotopic (exact) mass is 183 g/mol. The van der Waals surface area contributed by atoms with Gasteiger partial charge in [0.1, 0.15) is 6.61 Å². The molecular weight excluding hydrogens is 171 g/mol. The van der Waals surface area contributed by atoms with Crippen LogP contribution in [-0.4, -0.2) is 32.5 Å². The summed E-state index contributed by atoms with van der Waals surface area (Å²) in [5.74, 6) is 0.512. The van der Waals surface area contributed by atoms with Crippen LogP contribution in [0.3, 0.4) is 0 Å². The maximum atomic E-state index is 11.5. The fraction of sp³-hybridized carbons (Fsp3) is 1.00. The number of rotatable bonds is 4. The van der Waals surface area contributed by atoms with Crippen LogP contribution in [0.5, 0.6) is 0 Å². The fourth-order valence-electron chi connectivity index (χ4n) is 0.990. The van der Waals surface area contributed by atoms with Gasteiger partial charge in [0, 0.05) is 6.61 Å². The predicted octanol–water partition coefficient (Wildman–Crippen LogP) is 1.17. The first-order chi connectivity index (χ1) is 5.58. The Morgan fingerprint density at radius 3 is 2.42 bits per heavy atom. The largest absolute Gasteiger partial charge is 0.411 e. The SMILES string of the molecule is FC(F)(F)COCCC1CNC1. The van der Waals surface area contributed by atoms with Gasteiger partial charge in [-0.2, -0.15) is 13.2 Å². The second kappa shape index (κ2) is 4.09. The lowest BCUT2D eigenvalue weighted by Crippen LogP contribution is -2.42. The van der Waals surface area contributed by atoms with Crippen LogP contribution in [0.15, 0.2) is 0 Å². The molecule has 0 aliphatic carbocycles. The topological polar surface area (TPSA) is 21.3 Å². The molecule has 0 atom stereocenters. The second-order valence-corrected chi connectivity index (χ2v) is 2.98. The Labute approximate surface area is 69.1 Å². The number of ether oxygens (including phenoxy) is 1.